The molecule has 0 aliphatic rings. The molecule has 0 atom stereocenters. The van der Waals surface area contributed by atoms with Crippen molar-refractivity contribution in [3.8, 4) is 17.2 Å². The van der Waals surface area contributed by atoms with Crippen molar-refractivity contribution in [2.24, 2.45) is 5.73 Å². The van der Waals surface area contributed by atoms with Gasteiger partial charge in [0, 0.05) is 10.6 Å². The lowest BCUT2D eigenvalue weighted by molar-refractivity contribution is -0.119. The third-order valence-corrected chi connectivity index (χ3v) is 3.85. The molecule has 0 aliphatic carbocycles. The van der Waals surface area contributed by atoms with Crippen molar-refractivity contribution in [1.82, 2.24) is 5.32 Å². The SMILES string of the molecule is COc1cc(C(=O)NCCOc2ccc(Cl)cc2)cc(Cl)c1OCC(N)=O. The summed E-state index contributed by atoms with van der Waals surface area (Å²) in [6.45, 7) is 0.197. The Morgan fingerprint density at radius 2 is 1.81 bits per heavy atom. The molecule has 0 fully saturated rings. The van der Waals surface area contributed by atoms with Crippen molar-refractivity contribution in [2.45, 2.75) is 0 Å². The number of hydrogen-bond donors (Lipinski definition) is 2. The number of rotatable bonds is 9. The molecule has 0 spiro atoms. The molecule has 27 heavy (non-hydrogen) atoms. The number of nitrogens with one attached hydrogen (secondary N) is 1. The Morgan fingerprint density at radius 1 is 1.11 bits per heavy atom. The molecule has 0 radical (unpaired) electrons. The van der Waals surface area contributed by atoms with E-state index in [1.807, 2.05) is 0 Å². The van der Waals surface area contributed by atoms with Crippen LogP contribution in [0.3, 0.4) is 0 Å². The Morgan fingerprint density at radius 3 is 2.44 bits per heavy atom. The van der Waals surface area contributed by atoms with Crippen molar-refractivity contribution in [3.05, 3.63) is 52.0 Å². The fraction of sp³-hybridized carbons (Fsp3) is 0.222. The van der Waals surface area contributed by atoms with Crippen LogP contribution in [-0.4, -0.2) is 38.7 Å². The maximum absolute atomic E-state index is 12.3. The molecule has 2 amide bonds. The van der Waals surface area contributed by atoms with Crippen LogP contribution in [0.1, 0.15) is 10.4 Å². The molecule has 9 heteroatoms. The smallest absolute Gasteiger partial charge is 0.255 e. The summed E-state index contributed by atoms with van der Waals surface area (Å²) in [7, 11) is 1.39. The second-order valence-corrected chi connectivity index (χ2v) is 6.15. The van der Waals surface area contributed by atoms with E-state index in [9.17, 15) is 9.59 Å². The molecule has 2 aromatic carbocycles. The standard InChI is InChI=1S/C18H18Cl2N2O5/c1-25-15-9-11(8-14(20)17(15)27-10-16(21)23)18(24)22-6-7-26-13-4-2-12(19)3-5-13/h2-5,8-9H,6-7,10H2,1H3,(H2,21,23)(H,22,24). The molecular formula is C18H18Cl2N2O5. The van der Waals surface area contributed by atoms with Crippen molar-refractivity contribution in [3.63, 3.8) is 0 Å². The van der Waals surface area contributed by atoms with Crippen molar-refractivity contribution >= 4 is 35.0 Å². The molecule has 0 unspecified atom stereocenters. The van der Waals surface area contributed by atoms with Gasteiger partial charge in [-0.2, -0.15) is 0 Å². The van der Waals surface area contributed by atoms with Crippen molar-refractivity contribution in [2.75, 3.05) is 26.9 Å². The van der Waals surface area contributed by atoms with Gasteiger partial charge in [0.2, 0.25) is 0 Å². The van der Waals surface area contributed by atoms with Gasteiger partial charge in [-0.3, -0.25) is 9.59 Å². The molecule has 0 aromatic heterocycles. The van der Waals surface area contributed by atoms with Crippen LogP contribution in [0, 0.1) is 0 Å². The zero-order chi connectivity index (χ0) is 19.8. The van der Waals surface area contributed by atoms with E-state index < -0.39 is 5.91 Å². The molecular weight excluding hydrogens is 395 g/mol. The Hall–Kier alpha value is -2.64. The number of ether oxygens (including phenoxy) is 3. The Bertz CT molecular complexity index is 812. The summed E-state index contributed by atoms with van der Waals surface area (Å²) in [6.07, 6.45) is 0. The third-order valence-electron chi connectivity index (χ3n) is 3.32. The predicted octanol–water partition coefficient (Wildman–Crippen LogP) is 2.67. The lowest BCUT2D eigenvalue weighted by Crippen LogP contribution is -2.28. The minimum Gasteiger partial charge on any atom is -0.493 e. The summed E-state index contributed by atoms with van der Waals surface area (Å²) in [5, 5.41) is 3.45. The molecule has 3 N–H and O–H groups in total. The average molecular weight is 413 g/mol. The van der Waals surface area contributed by atoms with Crippen LogP contribution < -0.4 is 25.3 Å². The van der Waals surface area contributed by atoms with Crippen LogP contribution in [0.2, 0.25) is 10.0 Å². The zero-order valence-corrected chi connectivity index (χ0v) is 16.0. The Balaban J connectivity index is 1.94. The number of primary amides is 1. The predicted molar refractivity (Wildman–Crippen MR) is 102 cm³/mol. The van der Waals surface area contributed by atoms with Gasteiger partial charge in [0.25, 0.3) is 11.8 Å². The molecule has 144 valence electrons. The number of carbonyl (C=O) groups is 2. The van der Waals surface area contributed by atoms with Crippen LogP contribution in [0.25, 0.3) is 0 Å². The van der Waals surface area contributed by atoms with Gasteiger partial charge in [-0.05, 0) is 36.4 Å². The minimum atomic E-state index is -0.657. The van der Waals surface area contributed by atoms with Gasteiger partial charge < -0.3 is 25.3 Å². The molecule has 0 saturated heterocycles. The number of carbonyl (C=O) groups excluding carboxylic acids is 2. The molecule has 2 aromatic rings. The summed E-state index contributed by atoms with van der Waals surface area (Å²) in [4.78, 5) is 23.1. The maximum atomic E-state index is 12.3. The summed E-state index contributed by atoms with van der Waals surface area (Å²) in [6, 6.07) is 9.77. The lowest BCUT2D eigenvalue weighted by Gasteiger charge is -2.13. The summed E-state index contributed by atoms with van der Waals surface area (Å²) in [5.41, 5.74) is 5.32. The fourth-order valence-corrected chi connectivity index (χ4v) is 2.49. The Labute approximate surface area is 166 Å². The molecule has 0 saturated carbocycles. The largest absolute Gasteiger partial charge is 0.493 e. The first-order chi connectivity index (χ1) is 12.9. The number of nitrogens with two attached hydrogens (primary N) is 1. The monoisotopic (exact) mass is 412 g/mol. The van der Waals surface area contributed by atoms with E-state index in [0.29, 0.717) is 10.8 Å². The van der Waals surface area contributed by atoms with Crippen molar-refractivity contribution in [1.29, 1.82) is 0 Å². The summed E-state index contributed by atoms with van der Waals surface area (Å²) < 4.78 is 15.9. The van der Waals surface area contributed by atoms with Gasteiger partial charge in [-0.15, -0.1) is 0 Å². The summed E-state index contributed by atoms with van der Waals surface area (Å²) >= 11 is 11.9. The second-order valence-electron chi connectivity index (χ2n) is 5.30. The van der Waals surface area contributed by atoms with Gasteiger partial charge >= 0.3 is 0 Å². The van der Waals surface area contributed by atoms with Crippen LogP contribution in [0.4, 0.5) is 0 Å². The van der Waals surface area contributed by atoms with Gasteiger partial charge in [-0.25, -0.2) is 0 Å². The number of amides is 2. The molecule has 0 heterocycles. The highest BCUT2D eigenvalue weighted by Gasteiger charge is 2.16. The number of methoxy groups -OCH3 is 1. The first-order valence-electron chi connectivity index (χ1n) is 7.86. The second kappa shape index (κ2) is 9.89. The summed E-state index contributed by atoms with van der Waals surface area (Å²) in [5.74, 6) is -0.0202. The van der Waals surface area contributed by atoms with E-state index in [1.54, 1.807) is 24.3 Å². The Kier molecular flexibility index (Phi) is 7.57. The van der Waals surface area contributed by atoms with Gasteiger partial charge in [0.05, 0.1) is 18.7 Å². The van der Waals surface area contributed by atoms with E-state index in [0.717, 1.165) is 0 Å². The average Bonchev–Trinajstić information content (AvgIpc) is 2.64. The molecule has 7 nitrogen and oxygen atoms in total. The van der Waals surface area contributed by atoms with E-state index in [2.05, 4.69) is 5.32 Å². The fourth-order valence-electron chi connectivity index (χ4n) is 2.10. The van der Waals surface area contributed by atoms with Gasteiger partial charge in [0.15, 0.2) is 18.1 Å². The third kappa shape index (κ3) is 6.23. The van der Waals surface area contributed by atoms with E-state index in [4.69, 9.17) is 43.1 Å². The van der Waals surface area contributed by atoms with Crippen LogP contribution in [0.15, 0.2) is 36.4 Å². The number of halogens is 2. The number of benzene rings is 2. The van der Waals surface area contributed by atoms with Crippen LogP contribution in [-0.2, 0) is 4.79 Å². The van der Waals surface area contributed by atoms with Gasteiger partial charge in [-0.1, -0.05) is 23.2 Å². The normalized spacial score (nSPS) is 10.2. The number of hydrogen-bond acceptors (Lipinski definition) is 5. The minimum absolute atomic E-state index is 0.123. The van der Waals surface area contributed by atoms with E-state index in [-0.39, 0.29) is 47.8 Å². The molecule has 2 rings (SSSR count). The van der Waals surface area contributed by atoms with Crippen molar-refractivity contribution < 1.29 is 23.8 Å². The molecule has 0 aliphatic heterocycles. The topological polar surface area (TPSA) is 99.9 Å². The highest BCUT2D eigenvalue weighted by atomic mass is 35.5. The van der Waals surface area contributed by atoms with E-state index >= 15 is 0 Å². The highest BCUT2D eigenvalue weighted by molar-refractivity contribution is 6.32. The first kappa shape index (κ1) is 20.7. The quantitative estimate of drug-likeness (QED) is 0.616. The zero-order valence-electron chi connectivity index (χ0n) is 14.5. The van der Waals surface area contributed by atoms with Crippen LogP contribution in [0.5, 0.6) is 17.2 Å². The van der Waals surface area contributed by atoms with E-state index in [1.165, 1.54) is 19.2 Å². The molecule has 0 bridgehead atoms. The van der Waals surface area contributed by atoms with Gasteiger partial charge in [0.1, 0.15) is 12.4 Å². The lowest BCUT2D eigenvalue weighted by atomic mass is 10.2. The van der Waals surface area contributed by atoms with Crippen LogP contribution >= 0.6 is 23.2 Å². The maximum Gasteiger partial charge on any atom is 0.255 e. The first-order valence-corrected chi connectivity index (χ1v) is 8.61. The highest BCUT2D eigenvalue weighted by Crippen LogP contribution is 2.36.